The summed E-state index contributed by atoms with van der Waals surface area (Å²) < 4.78 is 10.3. The SMILES string of the molecule is COCCOc1cccc(C(=O)NCC2(C(=O)O)CC2)c1. The number of carbonyl (C=O) groups excluding carboxylic acids is 1. The first-order chi connectivity index (χ1) is 10.1. The lowest BCUT2D eigenvalue weighted by Crippen LogP contribution is -2.34. The van der Waals surface area contributed by atoms with Gasteiger partial charge >= 0.3 is 5.97 Å². The van der Waals surface area contributed by atoms with Gasteiger partial charge in [-0.25, -0.2) is 0 Å². The third-order valence-electron chi connectivity index (χ3n) is 3.55. The lowest BCUT2D eigenvalue weighted by molar-refractivity contribution is -0.143. The van der Waals surface area contributed by atoms with Gasteiger partial charge in [0.1, 0.15) is 12.4 Å². The van der Waals surface area contributed by atoms with Crippen LogP contribution < -0.4 is 10.1 Å². The summed E-state index contributed by atoms with van der Waals surface area (Å²) in [5.74, 6) is -0.557. The summed E-state index contributed by atoms with van der Waals surface area (Å²) in [7, 11) is 1.59. The first-order valence-electron chi connectivity index (χ1n) is 6.81. The summed E-state index contributed by atoms with van der Waals surface area (Å²) in [4.78, 5) is 23.1. The minimum absolute atomic E-state index is 0.163. The maximum atomic E-state index is 12.0. The molecule has 0 bridgehead atoms. The van der Waals surface area contributed by atoms with Gasteiger partial charge in [-0.3, -0.25) is 9.59 Å². The largest absolute Gasteiger partial charge is 0.491 e. The number of benzene rings is 1. The normalized spacial score (nSPS) is 15.3. The highest BCUT2D eigenvalue weighted by Crippen LogP contribution is 2.45. The Morgan fingerprint density at radius 3 is 2.71 bits per heavy atom. The quantitative estimate of drug-likeness (QED) is 0.706. The topological polar surface area (TPSA) is 84.9 Å². The van der Waals surface area contributed by atoms with Crippen molar-refractivity contribution in [2.75, 3.05) is 26.9 Å². The maximum absolute atomic E-state index is 12.0. The standard InChI is InChI=1S/C15H19NO5/c1-20-7-8-21-12-4-2-3-11(9-12)13(17)16-10-15(5-6-15)14(18)19/h2-4,9H,5-8,10H2,1H3,(H,16,17)(H,18,19). The highest BCUT2D eigenvalue weighted by molar-refractivity contribution is 5.95. The fourth-order valence-electron chi connectivity index (χ4n) is 1.94. The molecule has 1 aliphatic carbocycles. The van der Waals surface area contributed by atoms with Gasteiger partial charge in [-0.2, -0.15) is 0 Å². The van der Waals surface area contributed by atoms with Gasteiger partial charge in [-0.15, -0.1) is 0 Å². The molecule has 0 atom stereocenters. The van der Waals surface area contributed by atoms with E-state index in [1.165, 1.54) is 0 Å². The van der Waals surface area contributed by atoms with E-state index in [2.05, 4.69) is 5.32 Å². The van der Waals surface area contributed by atoms with Crippen LogP contribution in [-0.2, 0) is 9.53 Å². The second-order valence-corrected chi connectivity index (χ2v) is 5.14. The van der Waals surface area contributed by atoms with Crippen molar-refractivity contribution in [1.29, 1.82) is 0 Å². The van der Waals surface area contributed by atoms with Crippen molar-refractivity contribution in [3.8, 4) is 5.75 Å². The van der Waals surface area contributed by atoms with Crippen molar-refractivity contribution in [3.05, 3.63) is 29.8 Å². The molecular formula is C15H19NO5. The molecule has 0 saturated heterocycles. The molecule has 0 spiro atoms. The van der Waals surface area contributed by atoms with Gasteiger partial charge in [0.15, 0.2) is 0 Å². The van der Waals surface area contributed by atoms with Crippen molar-refractivity contribution in [3.63, 3.8) is 0 Å². The molecule has 114 valence electrons. The van der Waals surface area contributed by atoms with Crippen LogP contribution in [-0.4, -0.2) is 43.9 Å². The predicted molar refractivity (Wildman–Crippen MR) is 75.4 cm³/mol. The van der Waals surface area contributed by atoms with Crippen molar-refractivity contribution in [1.82, 2.24) is 5.32 Å². The molecule has 0 unspecified atom stereocenters. The van der Waals surface area contributed by atoms with Gasteiger partial charge in [-0.05, 0) is 31.0 Å². The molecule has 1 fully saturated rings. The summed E-state index contributed by atoms with van der Waals surface area (Å²) in [6, 6.07) is 6.78. The lowest BCUT2D eigenvalue weighted by Gasteiger charge is -2.12. The van der Waals surface area contributed by atoms with Crippen LogP contribution in [0.1, 0.15) is 23.2 Å². The Balaban J connectivity index is 1.90. The van der Waals surface area contributed by atoms with E-state index < -0.39 is 11.4 Å². The number of aliphatic carboxylic acids is 1. The number of carboxylic acid groups (broad SMARTS) is 1. The van der Waals surface area contributed by atoms with Crippen molar-refractivity contribution < 1.29 is 24.2 Å². The predicted octanol–water partition coefficient (Wildman–Crippen LogP) is 1.31. The summed E-state index contributed by atoms with van der Waals surface area (Å²) in [5, 5.41) is 11.7. The van der Waals surface area contributed by atoms with Crippen LogP contribution in [0, 0.1) is 5.41 Å². The highest BCUT2D eigenvalue weighted by atomic mass is 16.5. The van der Waals surface area contributed by atoms with Crippen molar-refractivity contribution in [2.24, 2.45) is 5.41 Å². The van der Waals surface area contributed by atoms with E-state index in [4.69, 9.17) is 14.6 Å². The summed E-state index contributed by atoms with van der Waals surface area (Å²) in [6.45, 7) is 1.04. The number of hydrogen-bond donors (Lipinski definition) is 2. The number of methoxy groups -OCH3 is 1. The fourth-order valence-corrected chi connectivity index (χ4v) is 1.94. The van der Waals surface area contributed by atoms with Crippen LogP contribution in [0.2, 0.25) is 0 Å². The van der Waals surface area contributed by atoms with Crippen LogP contribution in [0.15, 0.2) is 24.3 Å². The minimum atomic E-state index is -0.848. The maximum Gasteiger partial charge on any atom is 0.311 e. The van der Waals surface area contributed by atoms with Gasteiger partial charge in [0.2, 0.25) is 0 Å². The summed E-state index contributed by atoms with van der Waals surface area (Å²) in [6.07, 6.45) is 1.23. The van der Waals surface area contributed by atoms with E-state index in [0.29, 0.717) is 37.4 Å². The lowest BCUT2D eigenvalue weighted by atomic mass is 10.1. The van der Waals surface area contributed by atoms with Crippen LogP contribution in [0.5, 0.6) is 5.75 Å². The Morgan fingerprint density at radius 2 is 2.10 bits per heavy atom. The Bertz CT molecular complexity index is 525. The zero-order valence-corrected chi connectivity index (χ0v) is 11.9. The van der Waals surface area contributed by atoms with Gasteiger partial charge in [-0.1, -0.05) is 6.07 Å². The molecule has 1 aromatic carbocycles. The molecule has 1 saturated carbocycles. The van der Waals surface area contributed by atoms with Crippen molar-refractivity contribution in [2.45, 2.75) is 12.8 Å². The van der Waals surface area contributed by atoms with Crippen LogP contribution in [0.3, 0.4) is 0 Å². The van der Waals surface area contributed by atoms with Gasteiger partial charge in [0, 0.05) is 19.2 Å². The molecule has 2 rings (SSSR count). The van der Waals surface area contributed by atoms with Gasteiger partial charge in [0.05, 0.1) is 12.0 Å². The van der Waals surface area contributed by atoms with E-state index in [1.807, 2.05) is 0 Å². The number of amides is 1. The number of carboxylic acids is 1. The van der Waals surface area contributed by atoms with Crippen LogP contribution in [0.4, 0.5) is 0 Å². The average Bonchev–Trinajstić information content (AvgIpc) is 3.27. The zero-order chi connectivity index (χ0) is 15.3. The fraction of sp³-hybridized carbons (Fsp3) is 0.467. The van der Waals surface area contributed by atoms with Crippen molar-refractivity contribution >= 4 is 11.9 Å². The third kappa shape index (κ3) is 3.95. The van der Waals surface area contributed by atoms with Crippen LogP contribution in [0.25, 0.3) is 0 Å². The first-order valence-corrected chi connectivity index (χ1v) is 6.81. The number of ether oxygens (including phenoxy) is 2. The second-order valence-electron chi connectivity index (χ2n) is 5.14. The zero-order valence-electron chi connectivity index (χ0n) is 11.9. The molecule has 1 aliphatic rings. The smallest absolute Gasteiger partial charge is 0.311 e. The molecule has 0 radical (unpaired) electrons. The molecule has 0 aromatic heterocycles. The number of rotatable bonds is 8. The third-order valence-corrected chi connectivity index (χ3v) is 3.55. The first kappa shape index (κ1) is 15.3. The highest BCUT2D eigenvalue weighted by Gasteiger charge is 2.50. The molecule has 6 nitrogen and oxygen atoms in total. The summed E-state index contributed by atoms with van der Waals surface area (Å²) >= 11 is 0. The van der Waals surface area contributed by atoms with E-state index in [0.717, 1.165) is 0 Å². The molecule has 1 amide bonds. The van der Waals surface area contributed by atoms with Gasteiger partial charge < -0.3 is 19.9 Å². The molecule has 21 heavy (non-hydrogen) atoms. The molecule has 0 heterocycles. The number of nitrogens with one attached hydrogen (secondary N) is 1. The average molecular weight is 293 g/mol. The van der Waals surface area contributed by atoms with E-state index in [-0.39, 0.29) is 12.5 Å². The number of hydrogen-bond acceptors (Lipinski definition) is 4. The van der Waals surface area contributed by atoms with Gasteiger partial charge in [0.25, 0.3) is 5.91 Å². The van der Waals surface area contributed by atoms with E-state index in [9.17, 15) is 9.59 Å². The summed E-state index contributed by atoms with van der Waals surface area (Å²) in [5.41, 5.74) is -0.312. The molecule has 1 aromatic rings. The van der Waals surface area contributed by atoms with Crippen LogP contribution >= 0.6 is 0 Å². The Hall–Kier alpha value is -2.08. The Labute approximate surface area is 123 Å². The molecule has 0 aliphatic heterocycles. The second kappa shape index (κ2) is 6.58. The molecular weight excluding hydrogens is 274 g/mol. The van der Waals surface area contributed by atoms with E-state index >= 15 is 0 Å². The Morgan fingerprint density at radius 1 is 1.33 bits per heavy atom. The number of carbonyl (C=O) groups is 2. The van der Waals surface area contributed by atoms with E-state index in [1.54, 1.807) is 31.4 Å². The minimum Gasteiger partial charge on any atom is -0.491 e. The molecule has 2 N–H and O–H groups in total. The monoisotopic (exact) mass is 293 g/mol. The molecule has 6 heteroatoms. The Kier molecular flexibility index (Phi) is 4.80.